The number of unbranched alkanes of at least 4 members (excludes halogenated alkanes) is 5. The van der Waals surface area contributed by atoms with Crippen LogP contribution >= 0.6 is 7.82 Å². The summed E-state index contributed by atoms with van der Waals surface area (Å²) in [5.74, 6) is -0.939. The van der Waals surface area contributed by atoms with Crippen LogP contribution in [-0.4, -0.2) is 74.9 Å². The molecule has 0 bridgehead atoms. The van der Waals surface area contributed by atoms with Gasteiger partial charge in [-0.1, -0.05) is 240 Å². The highest BCUT2D eigenvalue weighted by Gasteiger charge is 2.27. The highest BCUT2D eigenvalue weighted by atomic mass is 31.2. The topological polar surface area (TPSA) is 108 Å². The van der Waals surface area contributed by atoms with Crippen LogP contribution < -0.4 is 0 Å². The Morgan fingerprint density at radius 3 is 1.02 bits per heavy atom. The van der Waals surface area contributed by atoms with E-state index in [1.807, 2.05) is 33.3 Å². The quantitative estimate of drug-likeness (QED) is 0.0211. The van der Waals surface area contributed by atoms with Crippen LogP contribution in [0.2, 0.25) is 0 Å². The number of carbonyl (C=O) groups is 2. The van der Waals surface area contributed by atoms with E-state index in [2.05, 4.69) is 208 Å². The zero-order valence-corrected chi connectivity index (χ0v) is 52.5. The minimum absolute atomic E-state index is 0.00372. The zero-order valence-electron chi connectivity index (χ0n) is 51.6. The van der Waals surface area contributed by atoms with E-state index < -0.39 is 32.5 Å². The Bertz CT molecular complexity index is 2130. The van der Waals surface area contributed by atoms with E-state index in [9.17, 15) is 19.0 Å². The molecule has 0 amide bonds. The number of carbonyl (C=O) groups excluding carboxylic acids is 2. The minimum atomic E-state index is -4.43. The SMILES string of the molecule is CC/C=C\C/C=C\C/C=C\C/C=C\C/C=C\C/C=C\C/C=C\C/C=C\C/C=C\C/C=C\C/C=C\CCCCCCCC(=O)OC(COC(=O)CC/C=C\C/C=C\C/C=C\C/C=C\C/C=C\C/C=C\CC)COP(=O)(O)OCC[N+](C)(C)C. The summed E-state index contributed by atoms with van der Waals surface area (Å²) in [6.45, 7) is 4.05. The van der Waals surface area contributed by atoms with Crippen LogP contribution in [0.5, 0.6) is 0 Å². The van der Waals surface area contributed by atoms with Crippen molar-refractivity contribution in [3.63, 3.8) is 0 Å². The molecule has 0 aliphatic rings. The summed E-state index contributed by atoms with van der Waals surface area (Å²) in [5, 5.41) is 0. The van der Waals surface area contributed by atoms with Gasteiger partial charge in [-0.05, 0) is 135 Å². The third-order valence-corrected chi connectivity index (χ3v) is 12.8. The number of quaternary nitrogens is 1. The summed E-state index contributed by atoms with van der Waals surface area (Å²) in [6, 6.07) is 0. The number of nitrogens with zero attached hydrogens (tertiary/aromatic N) is 1. The maximum Gasteiger partial charge on any atom is 0.472 e. The molecule has 0 aromatic rings. The van der Waals surface area contributed by atoms with Crippen LogP contribution in [0.1, 0.15) is 181 Å². The second kappa shape index (κ2) is 60.2. The summed E-state index contributed by atoms with van der Waals surface area (Å²) in [5.41, 5.74) is 0. The van der Waals surface area contributed by atoms with Crippen molar-refractivity contribution in [3.8, 4) is 0 Å². The van der Waals surface area contributed by atoms with Crippen molar-refractivity contribution in [1.29, 1.82) is 0 Å². The molecule has 10 heteroatoms. The molecule has 1 N–H and O–H groups in total. The third kappa shape index (κ3) is 63.8. The molecular formula is C72H111NO8P+. The van der Waals surface area contributed by atoms with Gasteiger partial charge in [-0.3, -0.25) is 18.6 Å². The van der Waals surface area contributed by atoms with Crippen molar-refractivity contribution < 1.29 is 42.1 Å². The Morgan fingerprint density at radius 1 is 0.378 bits per heavy atom. The first kappa shape index (κ1) is 76.6. The van der Waals surface area contributed by atoms with Gasteiger partial charge in [-0.25, -0.2) is 4.57 Å². The number of phosphoric ester groups is 1. The summed E-state index contributed by atoms with van der Waals surface area (Å²) < 4.78 is 34.4. The van der Waals surface area contributed by atoms with Gasteiger partial charge in [0.05, 0.1) is 27.7 Å². The van der Waals surface area contributed by atoms with Gasteiger partial charge in [0.25, 0.3) is 0 Å². The lowest BCUT2D eigenvalue weighted by Gasteiger charge is -2.24. The molecular weight excluding hydrogens is 1040 g/mol. The van der Waals surface area contributed by atoms with Crippen LogP contribution in [0.25, 0.3) is 0 Å². The number of hydrogen-bond donors (Lipinski definition) is 1. The van der Waals surface area contributed by atoms with Crippen LogP contribution in [0.3, 0.4) is 0 Å². The van der Waals surface area contributed by atoms with Crippen LogP contribution in [0.4, 0.5) is 0 Å². The number of ether oxygens (including phenoxy) is 2. The number of phosphoric acid groups is 1. The number of esters is 2. The zero-order chi connectivity index (χ0) is 59.8. The summed E-state index contributed by atoms with van der Waals surface area (Å²) >= 11 is 0. The summed E-state index contributed by atoms with van der Waals surface area (Å²) in [7, 11) is 1.39. The highest BCUT2D eigenvalue weighted by Crippen LogP contribution is 2.43. The standard InChI is InChI=1S/C72H110NO8P/c1-6-8-10-12-14-16-18-20-22-24-26-27-28-29-30-31-32-33-34-35-36-37-38-39-40-41-42-43-44-45-47-49-51-53-55-57-59-61-63-65-72(75)81-70(69-80-82(76,77)79-67-66-73(3,4)5)68-78-71(74)64-62-60-58-56-54-52-50-48-46-25-23-21-19-17-15-13-11-9-7-2/h8-11,14-17,20-23,26-27,29-30,32-33,35-36,38-39,41-42,44-46,48-49,51-52,54,58,60,70H,6-7,12-13,18-19,24-25,28,31,34,37,40,43,47,50,53,55-57,59,61-69H2,1-5H3/p+1/b10-8-,11-9-,16-14-,17-15-,22-20-,23-21-,27-26-,30-29-,33-32-,36-35-,39-38-,42-41-,45-44-,48-46-,51-49-,54-52-,60-58-. The molecule has 0 aromatic heterocycles. The van der Waals surface area contributed by atoms with Crippen molar-refractivity contribution in [2.45, 2.75) is 187 Å². The lowest BCUT2D eigenvalue weighted by Crippen LogP contribution is -2.37. The largest absolute Gasteiger partial charge is 0.472 e. The molecule has 0 aliphatic carbocycles. The van der Waals surface area contributed by atoms with Crippen molar-refractivity contribution in [3.05, 3.63) is 207 Å². The van der Waals surface area contributed by atoms with E-state index in [0.717, 1.165) is 141 Å². The monoisotopic (exact) mass is 1150 g/mol. The lowest BCUT2D eigenvalue weighted by molar-refractivity contribution is -0.870. The fourth-order valence-corrected chi connectivity index (χ4v) is 7.90. The maximum absolute atomic E-state index is 12.8. The Labute approximate surface area is 500 Å². The molecule has 0 heterocycles. The molecule has 82 heavy (non-hydrogen) atoms. The number of hydrogen-bond acceptors (Lipinski definition) is 7. The van der Waals surface area contributed by atoms with Crippen molar-refractivity contribution in [2.24, 2.45) is 0 Å². The van der Waals surface area contributed by atoms with Gasteiger partial charge in [0, 0.05) is 12.8 Å². The lowest BCUT2D eigenvalue weighted by atomic mass is 10.1. The smallest absolute Gasteiger partial charge is 0.462 e. The van der Waals surface area contributed by atoms with E-state index in [-0.39, 0.29) is 26.1 Å². The second-order valence-corrected chi connectivity index (χ2v) is 22.1. The fourth-order valence-electron chi connectivity index (χ4n) is 7.16. The Hall–Kier alpha value is -5.41. The Kier molecular flexibility index (Phi) is 56.2. The van der Waals surface area contributed by atoms with Crippen molar-refractivity contribution in [1.82, 2.24) is 0 Å². The predicted octanol–water partition coefficient (Wildman–Crippen LogP) is 19.9. The second-order valence-electron chi connectivity index (χ2n) is 20.6. The fraction of sp³-hybridized carbons (Fsp3) is 0.500. The van der Waals surface area contributed by atoms with Gasteiger partial charge in [0.15, 0.2) is 6.10 Å². The van der Waals surface area contributed by atoms with Crippen molar-refractivity contribution >= 4 is 19.8 Å². The molecule has 0 saturated carbocycles. The predicted molar refractivity (Wildman–Crippen MR) is 352 cm³/mol. The van der Waals surface area contributed by atoms with Crippen molar-refractivity contribution in [2.75, 3.05) is 47.5 Å². The minimum Gasteiger partial charge on any atom is -0.462 e. The number of allylic oxidation sites excluding steroid dienone is 34. The highest BCUT2D eigenvalue weighted by molar-refractivity contribution is 7.47. The molecule has 2 unspecified atom stereocenters. The molecule has 0 aromatic carbocycles. The normalized spacial score (nSPS) is 14.7. The average Bonchev–Trinajstić information content (AvgIpc) is 3.46. The van der Waals surface area contributed by atoms with Crippen LogP contribution in [0, 0.1) is 0 Å². The first-order valence-electron chi connectivity index (χ1n) is 30.8. The molecule has 0 radical (unpaired) electrons. The molecule has 0 fully saturated rings. The van der Waals surface area contributed by atoms with Crippen LogP contribution in [0.15, 0.2) is 207 Å². The molecule has 0 aliphatic heterocycles. The van der Waals surface area contributed by atoms with E-state index in [4.69, 9.17) is 18.5 Å². The molecule has 0 saturated heterocycles. The Morgan fingerprint density at radius 2 is 0.683 bits per heavy atom. The van der Waals surface area contributed by atoms with Gasteiger partial charge in [-0.2, -0.15) is 0 Å². The molecule has 0 rings (SSSR count). The third-order valence-electron chi connectivity index (χ3n) is 11.8. The number of rotatable bonds is 53. The van der Waals surface area contributed by atoms with Gasteiger partial charge in [0.1, 0.15) is 19.8 Å². The van der Waals surface area contributed by atoms with E-state index in [1.165, 1.54) is 0 Å². The van der Waals surface area contributed by atoms with Gasteiger partial charge < -0.3 is 18.9 Å². The molecule has 9 nitrogen and oxygen atoms in total. The van der Waals surface area contributed by atoms with Crippen LogP contribution in [-0.2, 0) is 32.7 Å². The molecule has 456 valence electrons. The summed E-state index contributed by atoms with van der Waals surface area (Å²) in [4.78, 5) is 35.7. The average molecular weight is 1150 g/mol. The Balaban J connectivity index is 4.29. The number of likely N-dealkylation sites (N-methyl/N-ethyl adjacent to an activating group) is 1. The van der Waals surface area contributed by atoms with Gasteiger partial charge in [-0.15, -0.1) is 0 Å². The van der Waals surface area contributed by atoms with E-state index >= 15 is 0 Å². The van der Waals surface area contributed by atoms with E-state index in [0.29, 0.717) is 23.9 Å². The first-order chi connectivity index (χ1) is 40.0. The van der Waals surface area contributed by atoms with Gasteiger partial charge in [0.2, 0.25) is 0 Å². The molecule has 2 atom stereocenters. The summed E-state index contributed by atoms with van der Waals surface area (Å²) in [6.07, 6.45) is 96.4. The van der Waals surface area contributed by atoms with E-state index in [1.54, 1.807) is 0 Å². The van der Waals surface area contributed by atoms with Gasteiger partial charge >= 0.3 is 19.8 Å². The maximum atomic E-state index is 12.8. The molecule has 0 spiro atoms. The first-order valence-corrected chi connectivity index (χ1v) is 32.3.